The summed E-state index contributed by atoms with van der Waals surface area (Å²) in [4.78, 5) is 4.13. The number of aliphatic hydroxyl groups excluding tert-OH is 1. The van der Waals surface area contributed by atoms with Crippen molar-refractivity contribution >= 4 is 5.96 Å². The summed E-state index contributed by atoms with van der Waals surface area (Å²) in [5.41, 5.74) is 6.57. The van der Waals surface area contributed by atoms with Crippen molar-refractivity contribution in [3.05, 3.63) is 35.9 Å². The lowest BCUT2D eigenvalue weighted by Crippen LogP contribution is -2.33. The zero-order chi connectivity index (χ0) is 13.4. The monoisotopic (exact) mass is 249 g/mol. The Morgan fingerprint density at radius 1 is 1.33 bits per heavy atom. The molecule has 0 aliphatic rings. The number of nitrogens with one attached hydrogen (secondary N) is 1. The highest BCUT2D eigenvalue weighted by Crippen LogP contribution is 2.11. The summed E-state index contributed by atoms with van der Waals surface area (Å²) in [6, 6.07) is 9.46. The maximum Gasteiger partial charge on any atom is 0.188 e. The number of hydrogen-bond acceptors (Lipinski definition) is 2. The molecule has 0 saturated carbocycles. The molecule has 0 bridgehead atoms. The van der Waals surface area contributed by atoms with Gasteiger partial charge in [0, 0.05) is 6.54 Å². The van der Waals surface area contributed by atoms with Gasteiger partial charge < -0.3 is 16.2 Å². The Balaban J connectivity index is 2.34. The quantitative estimate of drug-likeness (QED) is 0.530. The fraction of sp³-hybridized carbons (Fsp3) is 0.500. The van der Waals surface area contributed by atoms with Crippen molar-refractivity contribution in [2.75, 3.05) is 13.1 Å². The number of aliphatic imine (C=N–C) groups is 1. The van der Waals surface area contributed by atoms with Crippen molar-refractivity contribution in [3.8, 4) is 0 Å². The molecular weight excluding hydrogens is 226 g/mol. The highest BCUT2D eigenvalue weighted by atomic mass is 16.3. The lowest BCUT2D eigenvalue weighted by molar-refractivity contribution is 0.187. The molecule has 0 unspecified atom stereocenters. The second-order valence-electron chi connectivity index (χ2n) is 4.76. The molecule has 18 heavy (non-hydrogen) atoms. The Hall–Kier alpha value is -1.55. The van der Waals surface area contributed by atoms with Gasteiger partial charge in [-0.05, 0) is 17.9 Å². The number of benzene rings is 1. The average molecular weight is 249 g/mol. The van der Waals surface area contributed by atoms with Crippen molar-refractivity contribution < 1.29 is 5.11 Å². The highest BCUT2D eigenvalue weighted by molar-refractivity contribution is 5.77. The summed E-state index contributed by atoms with van der Waals surface area (Å²) in [5, 5.41) is 12.9. The van der Waals surface area contributed by atoms with Crippen molar-refractivity contribution in [2.24, 2.45) is 16.6 Å². The fourth-order valence-corrected chi connectivity index (χ4v) is 1.51. The zero-order valence-electron chi connectivity index (χ0n) is 11.1. The van der Waals surface area contributed by atoms with Crippen molar-refractivity contribution in [1.82, 2.24) is 5.32 Å². The third kappa shape index (κ3) is 5.68. The number of aliphatic hydroxyl groups is 1. The smallest absolute Gasteiger partial charge is 0.188 e. The van der Waals surface area contributed by atoms with Gasteiger partial charge in [-0.15, -0.1) is 0 Å². The van der Waals surface area contributed by atoms with Gasteiger partial charge >= 0.3 is 0 Å². The van der Waals surface area contributed by atoms with E-state index in [1.165, 1.54) is 0 Å². The summed E-state index contributed by atoms with van der Waals surface area (Å²) < 4.78 is 0. The molecule has 1 aromatic rings. The molecule has 0 aliphatic heterocycles. The number of guanidine groups is 1. The molecule has 0 aromatic heterocycles. The SMILES string of the molecule is CC(C)CCNC(N)=NC[C@H](O)c1ccccc1. The third-order valence-corrected chi connectivity index (χ3v) is 2.65. The van der Waals surface area contributed by atoms with E-state index >= 15 is 0 Å². The normalized spacial score (nSPS) is 13.7. The maximum absolute atomic E-state index is 9.89. The van der Waals surface area contributed by atoms with Crippen LogP contribution in [-0.2, 0) is 0 Å². The number of rotatable bonds is 6. The summed E-state index contributed by atoms with van der Waals surface area (Å²) in [7, 11) is 0. The Morgan fingerprint density at radius 2 is 2.00 bits per heavy atom. The summed E-state index contributed by atoms with van der Waals surface area (Å²) in [6.45, 7) is 5.42. The molecule has 1 aromatic carbocycles. The van der Waals surface area contributed by atoms with E-state index in [1.54, 1.807) is 0 Å². The predicted molar refractivity (Wildman–Crippen MR) is 75.3 cm³/mol. The summed E-state index contributed by atoms with van der Waals surface area (Å²) in [5.74, 6) is 1.03. The zero-order valence-corrected chi connectivity index (χ0v) is 11.1. The summed E-state index contributed by atoms with van der Waals surface area (Å²) in [6.07, 6.45) is 0.453. The molecule has 4 heteroatoms. The van der Waals surface area contributed by atoms with E-state index in [4.69, 9.17) is 5.73 Å². The van der Waals surface area contributed by atoms with Crippen LogP contribution in [0.3, 0.4) is 0 Å². The molecule has 0 amide bonds. The Labute approximate surface area is 109 Å². The van der Waals surface area contributed by atoms with E-state index in [9.17, 15) is 5.11 Å². The van der Waals surface area contributed by atoms with Gasteiger partial charge in [0.2, 0.25) is 0 Å². The van der Waals surface area contributed by atoms with Gasteiger partial charge in [0.1, 0.15) is 0 Å². The molecule has 4 nitrogen and oxygen atoms in total. The number of hydrogen-bond donors (Lipinski definition) is 3. The lowest BCUT2D eigenvalue weighted by atomic mass is 10.1. The Kier molecular flexibility index (Phi) is 6.22. The molecule has 1 atom stereocenters. The second-order valence-corrected chi connectivity index (χ2v) is 4.76. The van der Waals surface area contributed by atoms with Gasteiger partial charge in [-0.3, -0.25) is 4.99 Å². The van der Waals surface area contributed by atoms with Gasteiger partial charge in [0.15, 0.2) is 5.96 Å². The first-order valence-corrected chi connectivity index (χ1v) is 6.36. The fourth-order valence-electron chi connectivity index (χ4n) is 1.51. The third-order valence-electron chi connectivity index (χ3n) is 2.65. The van der Waals surface area contributed by atoms with Gasteiger partial charge in [0.25, 0.3) is 0 Å². The minimum Gasteiger partial charge on any atom is -0.386 e. The summed E-state index contributed by atoms with van der Waals surface area (Å²) >= 11 is 0. The molecule has 100 valence electrons. The molecule has 0 radical (unpaired) electrons. The van der Waals surface area contributed by atoms with Crippen LogP contribution in [0.25, 0.3) is 0 Å². The molecule has 0 fully saturated rings. The van der Waals surface area contributed by atoms with E-state index in [0.29, 0.717) is 11.9 Å². The average Bonchev–Trinajstić information content (AvgIpc) is 2.36. The van der Waals surface area contributed by atoms with Gasteiger partial charge in [0.05, 0.1) is 12.6 Å². The lowest BCUT2D eigenvalue weighted by Gasteiger charge is -2.10. The van der Waals surface area contributed by atoms with Crippen LogP contribution in [-0.4, -0.2) is 24.2 Å². The standard InChI is InChI=1S/C14H23N3O/c1-11(2)8-9-16-14(15)17-10-13(18)12-6-4-3-5-7-12/h3-7,11,13,18H,8-10H2,1-2H3,(H3,15,16,17)/t13-/m0/s1. The van der Waals surface area contributed by atoms with Crippen LogP contribution in [0, 0.1) is 5.92 Å². The number of nitrogens with two attached hydrogens (primary N) is 1. The molecule has 0 heterocycles. The van der Waals surface area contributed by atoms with Gasteiger partial charge in [-0.2, -0.15) is 0 Å². The molecule has 4 N–H and O–H groups in total. The van der Waals surface area contributed by atoms with E-state index in [1.807, 2.05) is 30.3 Å². The Morgan fingerprint density at radius 3 is 2.61 bits per heavy atom. The van der Waals surface area contributed by atoms with Crippen LogP contribution >= 0.6 is 0 Å². The minimum atomic E-state index is -0.600. The minimum absolute atomic E-state index is 0.282. The molecular formula is C14H23N3O. The van der Waals surface area contributed by atoms with Crippen molar-refractivity contribution in [3.63, 3.8) is 0 Å². The second kappa shape index (κ2) is 7.71. The van der Waals surface area contributed by atoms with Gasteiger partial charge in [-0.25, -0.2) is 0 Å². The van der Waals surface area contributed by atoms with Crippen molar-refractivity contribution in [1.29, 1.82) is 0 Å². The van der Waals surface area contributed by atoms with Crippen LogP contribution in [0.15, 0.2) is 35.3 Å². The number of nitrogens with zero attached hydrogens (tertiary/aromatic N) is 1. The van der Waals surface area contributed by atoms with E-state index in [0.717, 1.165) is 18.5 Å². The van der Waals surface area contributed by atoms with Crippen LogP contribution in [0.2, 0.25) is 0 Å². The topological polar surface area (TPSA) is 70.6 Å². The van der Waals surface area contributed by atoms with E-state index in [-0.39, 0.29) is 6.54 Å². The maximum atomic E-state index is 9.89. The van der Waals surface area contributed by atoms with Crippen LogP contribution < -0.4 is 11.1 Å². The van der Waals surface area contributed by atoms with Crippen molar-refractivity contribution in [2.45, 2.75) is 26.4 Å². The van der Waals surface area contributed by atoms with Crippen LogP contribution in [0.4, 0.5) is 0 Å². The van der Waals surface area contributed by atoms with Crippen LogP contribution in [0.1, 0.15) is 31.9 Å². The largest absolute Gasteiger partial charge is 0.386 e. The first-order chi connectivity index (χ1) is 8.59. The molecule has 0 aliphatic carbocycles. The Bertz CT molecular complexity index is 363. The first kappa shape index (κ1) is 14.5. The van der Waals surface area contributed by atoms with E-state index < -0.39 is 6.10 Å². The highest BCUT2D eigenvalue weighted by Gasteiger charge is 2.05. The molecule has 0 saturated heterocycles. The molecule has 0 spiro atoms. The van der Waals surface area contributed by atoms with Gasteiger partial charge in [-0.1, -0.05) is 44.2 Å². The predicted octanol–water partition coefficient (Wildman–Crippen LogP) is 1.67. The van der Waals surface area contributed by atoms with Crippen LogP contribution in [0.5, 0.6) is 0 Å². The van der Waals surface area contributed by atoms with E-state index in [2.05, 4.69) is 24.2 Å². The molecule has 1 rings (SSSR count). The first-order valence-electron chi connectivity index (χ1n) is 6.36.